The Morgan fingerprint density at radius 3 is 2.95 bits per heavy atom. The van der Waals surface area contributed by atoms with Gasteiger partial charge in [0.25, 0.3) is 0 Å². The Labute approximate surface area is 123 Å². The fourth-order valence-corrected chi connectivity index (χ4v) is 3.28. The maximum atomic E-state index is 11.6. The van der Waals surface area contributed by atoms with Crippen molar-refractivity contribution >= 4 is 38.7 Å². The zero-order valence-electron chi connectivity index (χ0n) is 11.0. The van der Waals surface area contributed by atoms with E-state index < -0.39 is 0 Å². The standard InChI is InChI=1S/C13H14N4OS2/c1-2-4-14-11-9-3-6-19-12(9)16-10(15-11)8-17-5-7-20-13(17)18/h3,5-7H,2,4,8H2,1H3,(H,14,15,16). The summed E-state index contributed by atoms with van der Waals surface area (Å²) in [4.78, 5) is 21.7. The first kappa shape index (κ1) is 13.3. The molecule has 7 heteroatoms. The summed E-state index contributed by atoms with van der Waals surface area (Å²) in [5.41, 5.74) is 0. The van der Waals surface area contributed by atoms with Crippen LogP contribution >= 0.6 is 22.7 Å². The predicted molar refractivity (Wildman–Crippen MR) is 83.9 cm³/mol. The van der Waals surface area contributed by atoms with Crippen LogP contribution in [0.2, 0.25) is 0 Å². The van der Waals surface area contributed by atoms with E-state index in [4.69, 9.17) is 0 Å². The molecule has 0 fully saturated rings. The molecule has 0 saturated heterocycles. The molecule has 0 aliphatic rings. The van der Waals surface area contributed by atoms with Crippen molar-refractivity contribution in [3.63, 3.8) is 0 Å². The number of fused-ring (bicyclic) bond motifs is 1. The zero-order valence-corrected chi connectivity index (χ0v) is 12.6. The summed E-state index contributed by atoms with van der Waals surface area (Å²) in [7, 11) is 0. The lowest BCUT2D eigenvalue weighted by Crippen LogP contribution is -2.15. The predicted octanol–water partition coefficient (Wildman–Crippen LogP) is 2.78. The van der Waals surface area contributed by atoms with Gasteiger partial charge in [0.05, 0.1) is 11.9 Å². The number of nitrogens with zero attached hydrogens (tertiary/aromatic N) is 3. The summed E-state index contributed by atoms with van der Waals surface area (Å²) < 4.78 is 1.63. The number of rotatable bonds is 5. The van der Waals surface area contributed by atoms with Gasteiger partial charge in [0.15, 0.2) is 5.82 Å². The van der Waals surface area contributed by atoms with Crippen LogP contribution in [-0.4, -0.2) is 21.1 Å². The van der Waals surface area contributed by atoms with E-state index in [0.717, 1.165) is 29.0 Å². The van der Waals surface area contributed by atoms with Gasteiger partial charge in [-0.1, -0.05) is 18.3 Å². The average molecular weight is 306 g/mol. The van der Waals surface area contributed by atoms with Crippen LogP contribution in [-0.2, 0) is 6.54 Å². The van der Waals surface area contributed by atoms with Gasteiger partial charge in [0.1, 0.15) is 10.6 Å². The number of thiophene rings is 1. The van der Waals surface area contributed by atoms with Crippen molar-refractivity contribution in [3.8, 4) is 0 Å². The number of nitrogens with one attached hydrogen (secondary N) is 1. The van der Waals surface area contributed by atoms with Crippen molar-refractivity contribution in [2.24, 2.45) is 0 Å². The zero-order chi connectivity index (χ0) is 13.9. The second kappa shape index (κ2) is 5.72. The Balaban J connectivity index is 1.98. The van der Waals surface area contributed by atoms with Gasteiger partial charge in [-0.2, -0.15) is 0 Å². The number of aromatic nitrogens is 3. The first-order chi connectivity index (χ1) is 9.78. The highest BCUT2D eigenvalue weighted by Gasteiger charge is 2.09. The summed E-state index contributed by atoms with van der Waals surface area (Å²) >= 11 is 2.78. The van der Waals surface area contributed by atoms with Gasteiger partial charge in [-0.15, -0.1) is 11.3 Å². The highest BCUT2D eigenvalue weighted by Crippen LogP contribution is 2.25. The highest BCUT2D eigenvalue weighted by atomic mass is 32.1. The highest BCUT2D eigenvalue weighted by molar-refractivity contribution is 7.16. The van der Waals surface area contributed by atoms with E-state index in [1.165, 1.54) is 11.3 Å². The SMILES string of the molecule is CCCNc1nc(Cn2ccsc2=O)nc2sccc12. The summed E-state index contributed by atoms with van der Waals surface area (Å²) in [6.07, 6.45) is 2.81. The van der Waals surface area contributed by atoms with E-state index in [1.807, 2.05) is 11.4 Å². The van der Waals surface area contributed by atoms with Crippen LogP contribution < -0.4 is 10.2 Å². The van der Waals surface area contributed by atoms with Gasteiger partial charge >= 0.3 is 4.87 Å². The van der Waals surface area contributed by atoms with Gasteiger partial charge in [-0.05, 0) is 17.9 Å². The molecule has 0 aliphatic carbocycles. The maximum Gasteiger partial charge on any atom is 0.307 e. The molecule has 0 amide bonds. The summed E-state index contributed by atoms with van der Waals surface area (Å²) in [5.74, 6) is 1.52. The van der Waals surface area contributed by atoms with Crippen molar-refractivity contribution in [3.05, 3.63) is 38.5 Å². The Bertz CT molecular complexity index is 774. The molecule has 3 rings (SSSR count). The van der Waals surface area contributed by atoms with E-state index >= 15 is 0 Å². The van der Waals surface area contributed by atoms with Gasteiger partial charge < -0.3 is 5.32 Å². The molecule has 0 unspecified atom stereocenters. The van der Waals surface area contributed by atoms with Crippen LogP contribution in [0.1, 0.15) is 19.2 Å². The third kappa shape index (κ3) is 2.59. The molecule has 3 aromatic heterocycles. The van der Waals surface area contributed by atoms with Crippen molar-refractivity contribution in [2.45, 2.75) is 19.9 Å². The van der Waals surface area contributed by atoms with E-state index in [1.54, 1.807) is 27.5 Å². The molecule has 0 spiro atoms. The topological polar surface area (TPSA) is 59.8 Å². The monoisotopic (exact) mass is 306 g/mol. The van der Waals surface area contributed by atoms with Crippen LogP contribution in [0.5, 0.6) is 0 Å². The molecular formula is C13H14N4OS2. The Kier molecular flexibility index (Phi) is 3.79. The molecule has 104 valence electrons. The summed E-state index contributed by atoms with van der Waals surface area (Å²) in [5, 5.41) is 8.17. The number of hydrogen-bond acceptors (Lipinski definition) is 6. The molecule has 5 nitrogen and oxygen atoms in total. The van der Waals surface area contributed by atoms with Gasteiger partial charge in [0, 0.05) is 18.1 Å². The molecule has 0 aliphatic heterocycles. The third-order valence-corrected chi connectivity index (χ3v) is 4.37. The Morgan fingerprint density at radius 2 is 2.20 bits per heavy atom. The Hall–Kier alpha value is -1.73. The van der Waals surface area contributed by atoms with E-state index in [0.29, 0.717) is 12.4 Å². The molecule has 0 radical (unpaired) electrons. The van der Waals surface area contributed by atoms with Gasteiger partial charge in [-0.25, -0.2) is 9.97 Å². The Morgan fingerprint density at radius 1 is 1.30 bits per heavy atom. The second-order valence-corrected chi connectivity index (χ2v) is 6.10. The second-order valence-electron chi connectivity index (χ2n) is 4.35. The first-order valence-electron chi connectivity index (χ1n) is 6.40. The van der Waals surface area contributed by atoms with E-state index in [2.05, 4.69) is 22.2 Å². The lowest BCUT2D eigenvalue weighted by atomic mass is 10.3. The number of thiazole rings is 1. The van der Waals surface area contributed by atoms with Crippen molar-refractivity contribution < 1.29 is 0 Å². The molecule has 0 bridgehead atoms. The quantitative estimate of drug-likeness (QED) is 0.787. The minimum Gasteiger partial charge on any atom is -0.369 e. The molecule has 0 atom stereocenters. The number of hydrogen-bond donors (Lipinski definition) is 1. The van der Waals surface area contributed by atoms with Gasteiger partial charge in [-0.3, -0.25) is 9.36 Å². The van der Waals surface area contributed by atoms with Crippen LogP contribution in [0.25, 0.3) is 10.2 Å². The minimum absolute atomic E-state index is 0.0166. The van der Waals surface area contributed by atoms with Crippen molar-refractivity contribution in [2.75, 3.05) is 11.9 Å². The third-order valence-electron chi connectivity index (χ3n) is 2.87. The minimum atomic E-state index is 0.0166. The normalized spacial score (nSPS) is 11.1. The molecule has 0 saturated carbocycles. The smallest absolute Gasteiger partial charge is 0.307 e. The van der Waals surface area contributed by atoms with Crippen LogP contribution in [0.4, 0.5) is 5.82 Å². The maximum absolute atomic E-state index is 11.6. The van der Waals surface area contributed by atoms with Crippen molar-refractivity contribution in [1.29, 1.82) is 0 Å². The fourth-order valence-electron chi connectivity index (χ4n) is 1.91. The average Bonchev–Trinajstić information content (AvgIpc) is 3.06. The molecule has 3 aromatic rings. The van der Waals surface area contributed by atoms with E-state index in [-0.39, 0.29) is 4.87 Å². The molecule has 20 heavy (non-hydrogen) atoms. The molecular weight excluding hydrogens is 292 g/mol. The largest absolute Gasteiger partial charge is 0.369 e. The van der Waals surface area contributed by atoms with Crippen LogP contribution in [0.3, 0.4) is 0 Å². The first-order valence-corrected chi connectivity index (χ1v) is 8.16. The van der Waals surface area contributed by atoms with Crippen molar-refractivity contribution in [1.82, 2.24) is 14.5 Å². The lowest BCUT2D eigenvalue weighted by molar-refractivity contribution is 0.738. The van der Waals surface area contributed by atoms with Crippen LogP contribution in [0, 0.1) is 0 Å². The summed E-state index contributed by atoms with van der Waals surface area (Å²) in [6, 6.07) is 2.03. The molecule has 1 N–H and O–H groups in total. The van der Waals surface area contributed by atoms with Crippen LogP contribution in [0.15, 0.2) is 27.8 Å². The van der Waals surface area contributed by atoms with E-state index in [9.17, 15) is 4.79 Å². The molecule has 0 aromatic carbocycles. The number of anilines is 1. The fraction of sp³-hybridized carbons (Fsp3) is 0.308. The van der Waals surface area contributed by atoms with Gasteiger partial charge in [0.2, 0.25) is 0 Å². The molecule has 3 heterocycles. The lowest BCUT2D eigenvalue weighted by Gasteiger charge is -2.08. The summed E-state index contributed by atoms with van der Waals surface area (Å²) in [6.45, 7) is 3.40.